The van der Waals surface area contributed by atoms with Crippen molar-refractivity contribution in [2.75, 3.05) is 17.3 Å². The molecule has 1 aromatic carbocycles. The van der Waals surface area contributed by atoms with Crippen LogP contribution < -0.4 is 5.32 Å². The maximum Gasteiger partial charge on any atom is 0.259 e. The fourth-order valence-electron chi connectivity index (χ4n) is 2.33. The Morgan fingerprint density at radius 3 is 2.83 bits per heavy atom. The fraction of sp³-hybridized carbons (Fsp3) is 0.200. The Balaban J connectivity index is 1.95. The molecule has 3 aromatic rings. The Kier molecular flexibility index (Phi) is 4.18. The molecule has 3 rings (SSSR count). The van der Waals surface area contributed by atoms with Gasteiger partial charge in [0, 0.05) is 41.5 Å². The van der Waals surface area contributed by atoms with Gasteiger partial charge in [-0.1, -0.05) is 18.2 Å². The molecular formula is C15H15N3O3S2. The van der Waals surface area contributed by atoms with Crippen molar-refractivity contribution < 1.29 is 13.2 Å². The topological polar surface area (TPSA) is 81.1 Å². The molecule has 0 aliphatic carbocycles. The summed E-state index contributed by atoms with van der Waals surface area (Å²) in [5.41, 5.74) is 1.34. The molecular weight excluding hydrogens is 334 g/mol. The summed E-state index contributed by atoms with van der Waals surface area (Å²) in [6.45, 7) is 0.309. The summed E-state index contributed by atoms with van der Waals surface area (Å²) in [6, 6.07) is 7.44. The van der Waals surface area contributed by atoms with E-state index in [9.17, 15) is 13.2 Å². The van der Waals surface area contributed by atoms with Crippen LogP contribution in [-0.2, 0) is 16.4 Å². The highest BCUT2D eigenvalue weighted by Gasteiger charge is 2.16. The van der Waals surface area contributed by atoms with Gasteiger partial charge in [-0.05, 0) is 6.07 Å². The van der Waals surface area contributed by atoms with Gasteiger partial charge in [-0.3, -0.25) is 10.1 Å². The quantitative estimate of drug-likeness (QED) is 0.767. The van der Waals surface area contributed by atoms with Crippen molar-refractivity contribution in [1.82, 2.24) is 9.55 Å². The van der Waals surface area contributed by atoms with E-state index in [-0.39, 0.29) is 11.7 Å². The Morgan fingerprint density at radius 1 is 1.35 bits per heavy atom. The highest BCUT2D eigenvalue weighted by molar-refractivity contribution is 7.90. The van der Waals surface area contributed by atoms with E-state index in [4.69, 9.17) is 0 Å². The molecule has 1 N–H and O–H groups in total. The number of rotatable bonds is 5. The van der Waals surface area contributed by atoms with Crippen molar-refractivity contribution in [3.63, 3.8) is 0 Å². The number of hydrogen-bond donors (Lipinski definition) is 1. The minimum atomic E-state index is -3.07. The molecule has 1 amide bonds. The molecule has 2 aromatic heterocycles. The SMILES string of the molecule is CS(=O)(=O)CCn1cc(C(=O)Nc2nccs2)c2ccccc21. The molecule has 23 heavy (non-hydrogen) atoms. The zero-order chi connectivity index (χ0) is 16.4. The maximum absolute atomic E-state index is 12.5. The molecule has 0 atom stereocenters. The van der Waals surface area contributed by atoms with Crippen molar-refractivity contribution >= 4 is 43.1 Å². The third-order valence-corrected chi connectivity index (χ3v) is 5.00. The number of para-hydroxylation sites is 1. The molecule has 0 saturated heterocycles. The van der Waals surface area contributed by atoms with Crippen LogP contribution in [0.15, 0.2) is 42.0 Å². The summed E-state index contributed by atoms with van der Waals surface area (Å²) in [5.74, 6) is -0.228. The second-order valence-electron chi connectivity index (χ2n) is 5.17. The number of carbonyl (C=O) groups is 1. The molecule has 2 heterocycles. The van der Waals surface area contributed by atoms with Crippen LogP contribution in [0.2, 0.25) is 0 Å². The zero-order valence-corrected chi connectivity index (χ0v) is 14.0. The Morgan fingerprint density at radius 2 is 2.13 bits per heavy atom. The van der Waals surface area contributed by atoms with Crippen molar-refractivity contribution in [2.45, 2.75) is 6.54 Å². The third-order valence-electron chi connectivity index (χ3n) is 3.39. The number of hydrogen-bond acceptors (Lipinski definition) is 5. The van der Waals surface area contributed by atoms with E-state index in [1.54, 1.807) is 22.3 Å². The van der Waals surface area contributed by atoms with E-state index < -0.39 is 9.84 Å². The molecule has 0 bridgehead atoms. The van der Waals surface area contributed by atoms with Crippen LogP contribution in [0.3, 0.4) is 0 Å². The standard InChI is InChI=1S/C15H15N3O3S2/c1-23(20,21)9-7-18-10-12(11-4-2-3-5-13(11)18)14(19)17-15-16-6-8-22-15/h2-6,8,10H,7,9H2,1H3,(H,16,17,19). The van der Waals surface area contributed by atoms with Crippen LogP contribution in [0.4, 0.5) is 5.13 Å². The lowest BCUT2D eigenvalue weighted by atomic mass is 10.1. The predicted molar refractivity (Wildman–Crippen MR) is 91.7 cm³/mol. The van der Waals surface area contributed by atoms with Crippen LogP contribution in [0.1, 0.15) is 10.4 Å². The first-order valence-corrected chi connectivity index (χ1v) is 9.84. The zero-order valence-electron chi connectivity index (χ0n) is 12.4. The van der Waals surface area contributed by atoms with Crippen LogP contribution in [0.25, 0.3) is 10.9 Å². The largest absolute Gasteiger partial charge is 0.346 e. The first kappa shape index (κ1) is 15.7. The summed E-state index contributed by atoms with van der Waals surface area (Å²) in [4.78, 5) is 16.5. The van der Waals surface area contributed by atoms with Crippen LogP contribution in [0, 0.1) is 0 Å². The van der Waals surface area contributed by atoms with Crippen molar-refractivity contribution in [3.05, 3.63) is 47.6 Å². The van der Waals surface area contributed by atoms with Crippen LogP contribution >= 0.6 is 11.3 Å². The minimum absolute atomic E-state index is 0.0270. The maximum atomic E-state index is 12.5. The van der Waals surface area contributed by atoms with Gasteiger partial charge in [0.1, 0.15) is 9.84 Å². The van der Waals surface area contributed by atoms with E-state index in [2.05, 4.69) is 10.3 Å². The molecule has 0 aliphatic rings. The number of thiazole rings is 1. The van der Waals surface area contributed by atoms with Gasteiger partial charge in [0.2, 0.25) is 0 Å². The first-order chi connectivity index (χ1) is 10.9. The lowest BCUT2D eigenvalue weighted by Crippen LogP contribution is -2.12. The van der Waals surface area contributed by atoms with E-state index in [1.165, 1.54) is 17.6 Å². The summed E-state index contributed by atoms with van der Waals surface area (Å²) in [6.07, 6.45) is 4.52. The number of carbonyl (C=O) groups excluding carboxylic acids is 1. The first-order valence-electron chi connectivity index (χ1n) is 6.90. The van der Waals surface area contributed by atoms with E-state index >= 15 is 0 Å². The Labute approximate surface area is 137 Å². The number of nitrogens with zero attached hydrogens (tertiary/aromatic N) is 2. The number of sulfone groups is 1. The van der Waals surface area contributed by atoms with Gasteiger partial charge in [0.25, 0.3) is 5.91 Å². The molecule has 0 aliphatic heterocycles. The van der Waals surface area contributed by atoms with Crippen LogP contribution in [0.5, 0.6) is 0 Å². The fourth-order valence-corrected chi connectivity index (χ4v) is 3.38. The average molecular weight is 349 g/mol. The summed E-state index contributed by atoms with van der Waals surface area (Å²) in [5, 5.41) is 5.85. The second kappa shape index (κ2) is 6.13. The highest BCUT2D eigenvalue weighted by Crippen LogP contribution is 2.23. The minimum Gasteiger partial charge on any atom is -0.346 e. The number of aryl methyl sites for hydroxylation is 1. The van der Waals surface area contributed by atoms with Gasteiger partial charge in [-0.25, -0.2) is 13.4 Å². The monoisotopic (exact) mass is 349 g/mol. The third kappa shape index (κ3) is 3.59. The average Bonchev–Trinajstić information content (AvgIpc) is 3.12. The predicted octanol–water partition coefficient (Wildman–Crippen LogP) is 2.39. The molecule has 0 fully saturated rings. The molecule has 120 valence electrons. The van der Waals surface area contributed by atoms with Gasteiger partial charge in [0.15, 0.2) is 5.13 Å². The summed E-state index contributed by atoms with van der Waals surface area (Å²) < 4.78 is 24.6. The van der Waals surface area contributed by atoms with E-state index in [0.717, 1.165) is 10.9 Å². The summed E-state index contributed by atoms with van der Waals surface area (Å²) in [7, 11) is -3.07. The number of benzene rings is 1. The molecule has 0 unspecified atom stereocenters. The van der Waals surface area contributed by atoms with Gasteiger partial charge < -0.3 is 4.57 Å². The van der Waals surface area contributed by atoms with Gasteiger partial charge >= 0.3 is 0 Å². The summed E-state index contributed by atoms with van der Waals surface area (Å²) >= 11 is 1.34. The lowest BCUT2D eigenvalue weighted by molar-refractivity contribution is 0.102. The number of aromatic nitrogens is 2. The highest BCUT2D eigenvalue weighted by atomic mass is 32.2. The number of fused-ring (bicyclic) bond motifs is 1. The molecule has 0 radical (unpaired) electrons. The van der Waals surface area contributed by atoms with Crippen molar-refractivity contribution in [3.8, 4) is 0 Å². The lowest BCUT2D eigenvalue weighted by Gasteiger charge is -2.03. The molecule has 8 heteroatoms. The van der Waals surface area contributed by atoms with Crippen LogP contribution in [-0.4, -0.2) is 35.9 Å². The van der Waals surface area contributed by atoms with Gasteiger partial charge in [-0.2, -0.15) is 0 Å². The number of anilines is 1. The van der Waals surface area contributed by atoms with E-state index in [1.807, 2.05) is 24.3 Å². The molecule has 6 nitrogen and oxygen atoms in total. The Hall–Kier alpha value is -2.19. The number of amides is 1. The van der Waals surface area contributed by atoms with Crippen molar-refractivity contribution in [1.29, 1.82) is 0 Å². The van der Waals surface area contributed by atoms with Crippen molar-refractivity contribution in [2.24, 2.45) is 0 Å². The van der Waals surface area contributed by atoms with Gasteiger partial charge in [0.05, 0.1) is 11.3 Å². The van der Waals surface area contributed by atoms with E-state index in [0.29, 0.717) is 17.2 Å². The van der Waals surface area contributed by atoms with Gasteiger partial charge in [-0.15, -0.1) is 11.3 Å². The second-order valence-corrected chi connectivity index (χ2v) is 8.33. The number of nitrogens with one attached hydrogen (secondary N) is 1. The Bertz CT molecular complexity index is 944. The normalized spacial score (nSPS) is 11.7. The molecule has 0 saturated carbocycles. The smallest absolute Gasteiger partial charge is 0.259 e. The molecule has 0 spiro atoms.